The molecule has 1 fully saturated rings. The summed E-state index contributed by atoms with van der Waals surface area (Å²) >= 11 is 0. The Bertz CT molecular complexity index is 1600. The van der Waals surface area contributed by atoms with Crippen LogP contribution in [0.5, 0.6) is 5.75 Å². The highest BCUT2D eigenvalue weighted by molar-refractivity contribution is 5.91. The van der Waals surface area contributed by atoms with Gasteiger partial charge in [0.1, 0.15) is 24.8 Å². The van der Waals surface area contributed by atoms with Crippen LogP contribution in [-0.4, -0.2) is 53.5 Å². The van der Waals surface area contributed by atoms with Crippen molar-refractivity contribution in [3.8, 4) is 17.0 Å². The SMILES string of the molecule is COCOC(C)c1ccc(-c2ccc(N3CCC(Cc4nc(C)c(OCc5ccccc5)c(C(=O)OC(C)(C)C)n4)CC3)cc2)nc1. The first-order valence-electron chi connectivity index (χ1n) is 16.3. The van der Waals surface area contributed by atoms with E-state index in [2.05, 4.69) is 34.1 Å². The first kappa shape index (κ1) is 34.0. The number of benzene rings is 2. The van der Waals surface area contributed by atoms with E-state index in [0.717, 1.165) is 48.3 Å². The van der Waals surface area contributed by atoms with Gasteiger partial charge in [-0.1, -0.05) is 48.5 Å². The third-order valence-corrected chi connectivity index (χ3v) is 8.21. The fourth-order valence-electron chi connectivity index (χ4n) is 5.66. The number of hydrogen-bond acceptors (Lipinski definition) is 9. The lowest BCUT2D eigenvalue weighted by atomic mass is 9.92. The van der Waals surface area contributed by atoms with Crippen molar-refractivity contribution in [2.24, 2.45) is 5.92 Å². The van der Waals surface area contributed by atoms with Crippen LogP contribution in [0, 0.1) is 12.8 Å². The average Bonchev–Trinajstić information content (AvgIpc) is 3.07. The molecule has 9 heteroatoms. The van der Waals surface area contributed by atoms with E-state index < -0.39 is 11.6 Å². The van der Waals surface area contributed by atoms with Crippen LogP contribution in [-0.2, 0) is 27.2 Å². The largest absolute Gasteiger partial charge is 0.484 e. The number of methoxy groups -OCH3 is 1. The second-order valence-electron chi connectivity index (χ2n) is 13.1. The summed E-state index contributed by atoms with van der Waals surface area (Å²) in [7, 11) is 1.62. The van der Waals surface area contributed by atoms with E-state index in [1.807, 2.05) is 83.3 Å². The molecule has 0 spiro atoms. The first-order valence-corrected chi connectivity index (χ1v) is 16.3. The van der Waals surface area contributed by atoms with Crippen molar-refractivity contribution >= 4 is 11.7 Å². The van der Waals surface area contributed by atoms with Gasteiger partial charge in [0.25, 0.3) is 0 Å². The molecule has 0 N–H and O–H groups in total. The normalized spacial score (nSPS) is 14.6. The number of esters is 1. The molecule has 1 aliphatic heterocycles. The van der Waals surface area contributed by atoms with Gasteiger partial charge in [-0.2, -0.15) is 0 Å². The molecular formula is C38H46N4O5. The highest BCUT2D eigenvalue weighted by Gasteiger charge is 2.27. The number of aryl methyl sites for hydroxylation is 1. The summed E-state index contributed by atoms with van der Waals surface area (Å²) in [5.74, 6) is 0.936. The third kappa shape index (κ3) is 9.36. The Kier molecular flexibility index (Phi) is 11.2. The smallest absolute Gasteiger partial charge is 0.361 e. The molecule has 1 atom stereocenters. The van der Waals surface area contributed by atoms with Gasteiger partial charge in [0.05, 0.1) is 17.5 Å². The van der Waals surface area contributed by atoms with Crippen LogP contribution in [0.1, 0.15) is 79.8 Å². The van der Waals surface area contributed by atoms with Crippen LogP contribution in [0.15, 0.2) is 72.9 Å². The first-order chi connectivity index (χ1) is 22.6. The summed E-state index contributed by atoms with van der Waals surface area (Å²) in [6, 6.07) is 22.5. The molecule has 1 saturated heterocycles. The fourth-order valence-corrected chi connectivity index (χ4v) is 5.66. The lowest BCUT2D eigenvalue weighted by molar-refractivity contribution is -0.0667. The summed E-state index contributed by atoms with van der Waals surface area (Å²) < 4.78 is 22.4. The number of pyridine rings is 1. The number of rotatable bonds is 12. The Hall–Kier alpha value is -4.34. The molecule has 3 heterocycles. The van der Waals surface area contributed by atoms with Gasteiger partial charge in [-0.05, 0) is 82.7 Å². The van der Waals surface area contributed by atoms with E-state index in [1.165, 1.54) is 5.69 Å². The fraction of sp³-hybridized carbons (Fsp3) is 0.421. The molecular weight excluding hydrogens is 592 g/mol. The van der Waals surface area contributed by atoms with Crippen LogP contribution in [0.3, 0.4) is 0 Å². The summed E-state index contributed by atoms with van der Waals surface area (Å²) in [5, 5.41) is 0. The van der Waals surface area contributed by atoms with Gasteiger partial charge in [-0.15, -0.1) is 0 Å². The highest BCUT2D eigenvalue weighted by atomic mass is 16.7. The van der Waals surface area contributed by atoms with Gasteiger partial charge in [-0.25, -0.2) is 14.8 Å². The number of aromatic nitrogens is 3. The van der Waals surface area contributed by atoms with Gasteiger partial charge < -0.3 is 23.8 Å². The van der Waals surface area contributed by atoms with Gasteiger partial charge in [0.15, 0.2) is 11.4 Å². The van der Waals surface area contributed by atoms with E-state index >= 15 is 0 Å². The van der Waals surface area contributed by atoms with Gasteiger partial charge in [0, 0.05) is 44.1 Å². The minimum Gasteiger partial charge on any atom is -0.484 e. The third-order valence-electron chi connectivity index (χ3n) is 8.21. The Labute approximate surface area is 278 Å². The maximum atomic E-state index is 13.3. The number of carbonyl (C=O) groups excluding carboxylic acids is 1. The molecule has 47 heavy (non-hydrogen) atoms. The number of nitrogens with zero attached hydrogens (tertiary/aromatic N) is 4. The monoisotopic (exact) mass is 638 g/mol. The lowest BCUT2D eigenvalue weighted by Crippen LogP contribution is -2.34. The Morgan fingerprint density at radius 2 is 1.70 bits per heavy atom. The maximum Gasteiger partial charge on any atom is 0.361 e. The number of carbonyl (C=O) groups is 1. The zero-order valence-corrected chi connectivity index (χ0v) is 28.4. The van der Waals surface area contributed by atoms with Gasteiger partial charge in [-0.3, -0.25) is 4.98 Å². The van der Waals surface area contributed by atoms with Crippen molar-refractivity contribution < 1.29 is 23.7 Å². The average molecular weight is 639 g/mol. The van der Waals surface area contributed by atoms with E-state index in [1.54, 1.807) is 7.11 Å². The van der Waals surface area contributed by atoms with Crippen molar-refractivity contribution in [2.45, 2.75) is 72.2 Å². The topological polar surface area (TPSA) is 95.9 Å². The quantitative estimate of drug-likeness (QED) is 0.115. The second-order valence-corrected chi connectivity index (χ2v) is 13.1. The minimum atomic E-state index is -0.656. The van der Waals surface area contributed by atoms with Gasteiger partial charge >= 0.3 is 5.97 Å². The number of ether oxygens (including phenoxy) is 4. The molecule has 0 aliphatic carbocycles. The highest BCUT2D eigenvalue weighted by Crippen LogP contribution is 2.30. The molecule has 1 unspecified atom stereocenters. The van der Waals surface area contributed by atoms with Crippen LogP contribution in [0.25, 0.3) is 11.3 Å². The zero-order valence-electron chi connectivity index (χ0n) is 28.4. The number of anilines is 1. The van der Waals surface area contributed by atoms with Crippen LogP contribution < -0.4 is 9.64 Å². The van der Waals surface area contributed by atoms with Crippen molar-refractivity contribution in [2.75, 3.05) is 31.9 Å². The Morgan fingerprint density at radius 3 is 2.34 bits per heavy atom. The predicted molar refractivity (Wildman–Crippen MR) is 182 cm³/mol. The molecule has 5 rings (SSSR count). The van der Waals surface area contributed by atoms with E-state index in [0.29, 0.717) is 36.2 Å². The van der Waals surface area contributed by atoms with Crippen LogP contribution in [0.4, 0.5) is 5.69 Å². The zero-order chi connectivity index (χ0) is 33.4. The second kappa shape index (κ2) is 15.5. The lowest BCUT2D eigenvalue weighted by Gasteiger charge is -2.33. The molecule has 2 aromatic heterocycles. The van der Waals surface area contributed by atoms with Crippen molar-refractivity contribution in [1.29, 1.82) is 0 Å². The van der Waals surface area contributed by atoms with Crippen LogP contribution in [0.2, 0.25) is 0 Å². The molecule has 0 saturated carbocycles. The molecule has 248 valence electrons. The van der Waals surface area contributed by atoms with Crippen molar-refractivity contribution in [1.82, 2.24) is 15.0 Å². The van der Waals surface area contributed by atoms with E-state index in [4.69, 9.17) is 28.9 Å². The predicted octanol–water partition coefficient (Wildman–Crippen LogP) is 7.52. The summed E-state index contributed by atoms with van der Waals surface area (Å²) in [4.78, 5) is 29.9. The van der Waals surface area contributed by atoms with Crippen LogP contribution >= 0.6 is 0 Å². The number of hydrogen-bond donors (Lipinski definition) is 0. The van der Waals surface area contributed by atoms with Crippen molar-refractivity contribution in [3.05, 3.63) is 101 Å². The Morgan fingerprint density at radius 1 is 0.979 bits per heavy atom. The minimum absolute atomic E-state index is 0.0808. The maximum absolute atomic E-state index is 13.3. The molecule has 2 aromatic carbocycles. The summed E-state index contributed by atoms with van der Waals surface area (Å²) in [6.45, 7) is 11.8. The molecule has 1 aliphatic rings. The number of piperidine rings is 1. The van der Waals surface area contributed by atoms with E-state index in [9.17, 15) is 4.79 Å². The molecule has 0 radical (unpaired) electrons. The van der Waals surface area contributed by atoms with E-state index in [-0.39, 0.29) is 18.6 Å². The van der Waals surface area contributed by atoms with Gasteiger partial charge in [0.2, 0.25) is 0 Å². The summed E-state index contributed by atoms with van der Waals surface area (Å²) in [5.41, 5.74) is 5.38. The standard InChI is InChI=1S/C38H46N4O5/c1-26-36(45-24-29-10-8-7-9-11-29)35(37(43)47-38(3,4)5)41-34(40-26)22-28-18-20-42(21-19-28)32-15-12-30(13-16-32)33-17-14-31(23-39-33)27(2)46-25-44-6/h7-17,23,27-28H,18-22,24-25H2,1-6H3. The van der Waals surface area contributed by atoms with Crippen molar-refractivity contribution in [3.63, 3.8) is 0 Å². The molecule has 0 amide bonds. The molecule has 9 nitrogen and oxygen atoms in total. The molecule has 4 aromatic rings. The summed E-state index contributed by atoms with van der Waals surface area (Å²) in [6.07, 6.45) is 4.48. The molecule has 0 bridgehead atoms. The Balaban J connectivity index is 1.21.